The number of imide groups is 1. The van der Waals surface area contributed by atoms with Crippen LogP contribution < -0.4 is 0 Å². The van der Waals surface area contributed by atoms with Gasteiger partial charge in [-0.25, -0.2) is 0 Å². The molecule has 0 unspecified atom stereocenters. The van der Waals surface area contributed by atoms with Gasteiger partial charge in [0.15, 0.2) is 0 Å². The Bertz CT molecular complexity index is 496. The maximum atomic E-state index is 12.7. The summed E-state index contributed by atoms with van der Waals surface area (Å²) in [5.41, 5.74) is 0.302. The number of hydrogen-bond acceptors (Lipinski definition) is 3. The van der Waals surface area contributed by atoms with E-state index < -0.39 is 0 Å². The lowest BCUT2D eigenvalue weighted by molar-refractivity contribution is -0.143. The normalized spacial score (nSPS) is 46.8. The van der Waals surface area contributed by atoms with Gasteiger partial charge in [0.25, 0.3) is 0 Å². The number of amides is 2. The molecular weight excluding hydrogens is 254 g/mol. The second kappa shape index (κ2) is 3.53. The molecule has 5 aliphatic rings. The van der Waals surface area contributed by atoms with E-state index in [1.807, 2.05) is 0 Å². The standard InChI is InChI=1S/C16H19NO3/c18-14-12-10-3-4-11(16(10)5-6-16)13(12)15(19)17(14)8-9-2-1-7-20-9/h3-4,9-13H,1-2,5-8H2/t9-,10+,11+,12-,13+/m1/s1. The van der Waals surface area contributed by atoms with Crippen LogP contribution in [0.2, 0.25) is 0 Å². The Morgan fingerprint density at radius 3 is 2.30 bits per heavy atom. The Morgan fingerprint density at radius 2 is 1.80 bits per heavy atom. The molecule has 3 aliphatic carbocycles. The zero-order valence-corrected chi connectivity index (χ0v) is 11.5. The van der Waals surface area contributed by atoms with Gasteiger partial charge in [-0.15, -0.1) is 0 Å². The lowest BCUT2D eigenvalue weighted by Gasteiger charge is -2.23. The summed E-state index contributed by atoms with van der Waals surface area (Å²) in [5.74, 6) is 0.729. The van der Waals surface area contributed by atoms with Gasteiger partial charge in [-0.05, 0) is 42.9 Å². The zero-order chi connectivity index (χ0) is 13.5. The second-order valence-corrected chi connectivity index (χ2v) is 7.14. The number of ether oxygens (including phenoxy) is 1. The van der Waals surface area contributed by atoms with Crippen molar-refractivity contribution in [2.24, 2.45) is 29.1 Å². The summed E-state index contributed by atoms with van der Waals surface area (Å²) in [6.45, 7) is 1.25. The molecule has 0 aromatic heterocycles. The first-order valence-corrected chi connectivity index (χ1v) is 7.87. The molecule has 1 spiro atoms. The Balaban J connectivity index is 1.44. The van der Waals surface area contributed by atoms with Crippen molar-refractivity contribution in [3.05, 3.63) is 12.2 Å². The molecule has 5 atom stereocenters. The van der Waals surface area contributed by atoms with E-state index in [-0.39, 0.29) is 29.8 Å². The molecule has 4 heteroatoms. The van der Waals surface area contributed by atoms with Crippen molar-refractivity contribution in [3.63, 3.8) is 0 Å². The topological polar surface area (TPSA) is 46.6 Å². The minimum Gasteiger partial charge on any atom is -0.376 e. The van der Waals surface area contributed by atoms with E-state index in [0.29, 0.717) is 23.8 Å². The smallest absolute Gasteiger partial charge is 0.233 e. The fourth-order valence-electron chi connectivity index (χ4n) is 5.31. The van der Waals surface area contributed by atoms with Crippen LogP contribution in [0.4, 0.5) is 0 Å². The Hall–Kier alpha value is -1.16. The first-order valence-electron chi connectivity index (χ1n) is 7.87. The van der Waals surface area contributed by atoms with Crippen molar-refractivity contribution < 1.29 is 14.3 Å². The van der Waals surface area contributed by atoms with Gasteiger partial charge < -0.3 is 4.74 Å². The highest BCUT2D eigenvalue weighted by Gasteiger charge is 2.73. The summed E-state index contributed by atoms with van der Waals surface area (Å²) in [6, 6.07) is 0. The van der Waals surface area contributed by atoms with Crippen LogP contribution in [0.15, 0.2) is 12.2 Å². The number of rotatable bonds is 2. The van der Waals surface area contributed by atoms with Gasteiger partial charge in [-0.2, -0.15) is 0 Å². The zero-order valence-electron chi connectivity index (χ0n) is 11.5. The molecule has 2 heterocycles. The molecule has 20 heavy (non-hydrogen) atoms. The van der Waals surface area contributed by atoms with Crippen LogP contribution >= 0.6 is 0 Å². The summed E-state index contributed by atoms with van der Waals surface area (Å²) in [5, 5.41) is 0. The fraction of sp³-hybridized carbons (Fsp3) is 0.750. The Kier molecular flexibility index (Phi) is 2.03. The van der Waals surface area contributed by atoms with E-state index in [9.17, 15) is 9.59 Å². The summed E-state index contributed by atoms with van der Waals surface area (Å²) in [4.78, 5) is 26.9. The third-order valence-corrected chi connectivity index (χ3v) is 6.35. The first-order chi connectivity index (χ1) is 9.72. The molecular formula is C16H19NO3. The highest BCUT2D eigenvalue weighted by atomic mass is 16.5. The second-order valence-electron chi connectivity index (χ2n) is 7.14. The number of fused-ring (bicyclic) bond motifs is 3. The minimum absolute atomic E-state index is 0.0543. The minimum atomic E-state index is -0.0543. The van der Waals surface area contributed by atoms with Crippen molar-refractivity contribution >= 4 is 11.8 Å². The van der Waals surface area contributed by atoms with Crippen LogP contribution in [0, 0.1) is 29.1 Å². The predicted molar refractivity (Wildman–Crippen MR) is 70.5 cm³/mol. The molecule has 2 saturated carbocycles. The molecule has 0 N–H and O–H groups in total. The molecule has 2 aliphatic heterocycles. The number of allylic oxidation sites excluding steroid dienone is 2. The number of nitrogens with zero attached hydrogens (tertiary/aromatic N) is 1. The van der Waals surface area contributed by atoms with E-state index in [0.717, 1.165) is 19.4 Å². The van der Waals surface area contributed by atoms with Gasteiger partial charge in [0, 0.05) is 6.61 Å². The van der Waals surface area contributed by atoms with Gasteiger partial charge in [-0.3, -0.25) is 14.5 Å². The molecule has 4 nitrogen and oxygen atoms in total. The molecule has 2 amide bonds. The van der Waals surface area contributed by atoms with Crippen molar-refractivity contribution in [2.45, 2.75) is 31.8 Å². The van der Waals surface area contributed by atoms with E-state index >= 15 is 0 Å². The average Bonchev–Trinajstić information content (AvgIpc) is 2.73. The van der Waals surface area contributed by atoms with Crippen molar-refractivity contribution in [1.29, 1.82) is 0 Å². The summed E-state index contributed by atoms with van der Waals surface area (Å²) in [6.07, 6.45) is 8.94. The summed E-state index contributed by atoms with van der Waals surface area (Å²) < 4.78 is 5.59. The molecule has 4 fully saturated rings. The molecule has 0 aromatic carbocycles. The monoisotopic (exact) mass is 273 g/mol. The lowest BCUT2D eigenvalue weighted by atomic mass is 9.85. The van der Waals surface area contributed by atoms with Gasteiger partial charge in [0.05, 0.1) is 24.5 Å². The van der Waals surface area contributed by atoms with Crippen LogP contribution in [0.25, 0.3) is 0 Å². The van der Waals surface area contributed by atoms with Crippen LogP contribution in [0.5, 0.6) is 0 Å². The molecule has 2 bridgehead atoms. The quantitative estimate of drug-likeness (QED) is 0.564. The van der Waals surface area contributed by atoms with Gasteiger partial charge in [0.2, 0.25) is 11.8 Å². The Morgan fingerprint density at radius 1 is 1.15 bits per heavy atom. The number of carbonyl (C=O) groups is 2. The molecule has 2 saturated heterocycles. The Labute approximate surface area is 118 Å². The van der Waals surface area contributed by atoms with E-state index in [1.165, 1.54) is 17.7 Å². The highest BCUT2D eigenvalue weighted by molar-refractivity contribution is 6.06. The van der Waals surface area contributed by atoms with E-state index in [4.69, 9.17) is 4.74 Å². The maximum Gasteiger partial charge on any atom is 0.233 e. The summed E-state index contributed by atoms with van der Waals surface area (Å²) >= 11 is 0. The molecule has 0 aromatic rings. The fourth-order valence-corrected chi connectivity index (χ4v) is 5.31. The van der Waals surface area contributed by atoms with Crippen LogP contribution in [-0.2, 0) is 14.3 Å². The van der Waals surface area contributed by atoms with Crippen LogP contribution in [0.1, 0.15) is 25.7 Å². The average molecular weight is 273 g/mol. The number of carbonyl (C=O) groups excluding carboxylic acids is 2. The largest absolute Gasteiger partial charge is 0.376 e. The SMILES string of the molecule is O=C1[C@@H]2[C@H](C(=O)N1C[C@H]1CCCO1)[C@@H]1C=C[C@@H]2C12CC2. The molecule has 0 radical (unpaired) electrons. The van der Waals surface area contributed by atoms with Gasteiger partial charge >= 0.3 is 0 Å². The van der Waals surface area contributed by atoms with Gasteiger partial charge in [0.1, 0.15) is 0 Å². The lowest BCUT2D eigenvalue weighted by Crippen LogP contribution is -2.39. The van der Waals surface area contributed by atoms with Crippen LogP contribution in [-0.4, -0.2) is 36.0 Å². The van der Waals surface area contributed by atoms with Crippen molar-refractivity contribution in [1.82, 2.24) is 4.90 Å². The van der Waals surface area contributed by atoms with E-state index in [1.54, 1.807) is 0 Å². The third kappa shape index (κ3) is 1.18. The van der Waals surface area contributed by atoms with E-state index in [2.05, 4.69) is 12.2 Å². The number of likely N-dealkylation sites (tertiary alicyclic amines) is 1. The van der Waals surface area contributed by atoms with Crippen LogP contribution in [0.3, 0.4) is 0 Å². The highest BCUT2D eigenvalue weighted by Crippen LogP contribution is 2.73. The predicted octanol–water partition coefficient (Wildman–Crippen LogP) is 1.36. The van der Waals surface area contributed by atoms with Crippen molar-refractivity contribution in [3.8, 4) is 0 Å². The van der Waals surface area contributed by atoms with Gasteiger partial charge in [-0.1, -0.05) is 12.2 Å². The third-order valence-electron chi connectivity index (χ3n) is 6.35. The molecule has 5 rings (SSSR count). The first kappa shape index (κ1) is 11.5. The maximum absolute atomic E-state index is 12.7. The molecule has 106 valence electrons. The number of hydrogen-bond donors (Lipinski definition) is 0. The van der Waals surface area contributed by atoms with Crippen molar-refractivity contribution in [2.75, 3.05) is 13.2 Å². The summed E-state index contributed by atoms with van der Waals surface area (Å²) in [7, 11) is 0.